The van der Waals surface area contributed by atoms with Gasteiger partial charge in [0.2, 0.25) is 11.7 Å². The SMILES string of the molecule is COc1ccc(OC)c(C2C(C(=O)c3cc4ccccc4o3)=C([O-])C(=O)N2CC[NH+](C)C)c1. The zero-order valence-electron chi connectivity index (χ0n) is 19.0. The highest BCUT2D eigenvalue weighted by molar-refractivity contribution is 6.15. The molecule has 1 aliphatic rings. The first-order chi connectivity index (χ1) is 15.8. The van der Waals surface area contributed by atoms with Gasteiger partial charge in [-0.2, -0.15) is 0 Å². The topological polar surface area (TPSA) is 96.5 Å². The number of quaternary nitrogens is 1. The fourth-order valence-corrected chi connectivity index (χ4v) is 4.05. The van der Waals surface area contributed by atoms with Crippen molar-refractivity contribution in [2.45, 2.75) is 6.04 Å². The lowest BCUT2D eigenvalue weighted by molar-refractivity contribution is -0.857. The zero-order valence-corrected chi connectivity index (χ0v) is 19.0. The highest BCUT2D eigenvalue weighted by Crippen LogP contribution is 2.43. The van der Waals surface area contributed by atoms with Crippen LogP contribution in [0.1, 0.15) is 22.2 Å². The first-order valence-corrected chi connectivity index (χ1v) is 10.6. The van der Waals surface area contributed by atoms with Gasteiger partial charge in [-0.05, 0) is 36.1 Å². The fraction of sp³-hybridized carbons (Fsp3) is 0.280. The maximum absolute atomic E-state index is 13.6. The average molecular weight is 450 g/mol. The molecule has 0 saturated heterocycles. The van der Waals surface area contributed by atoms with Crippen LogP contribution in [0.15, 0.2) is 64.3 Å². The summed E-state index contributed by atoms with van der Waals surface area (Å²) < 4.78 is 16.6. The van der Waals surface area contributed by atoms with Gasteiger partial charge in [0.1, 0.15) is 17.1 Å². The molecular weight excluding hydrogens is 424 g/mol. The van der Waals surface area contributed by atoms with Crippen LogP contribution in [0.3, 0.4) is 0 Å². The number of hydrogen-bond donors (Lipinski definition) is 1. The number of carbonyl (C=O) groups is 2. The van der Waals surface area contributed by atoms with Gasteiger partial charge in [0.25, 0.3) is 0 Å². The summed E-state index contributed by atoms with van der Waals surface area (Å²) in [4.78, 5) is 29.2. The van der Waals surface area contributed by atoms with Crippen molar-refractivity contribution in [1.82, 2.24) is 4.90 Å². The average Bonchev–Trinajstić information content (AvgIpc) is 3.36. The molecule has 0 spiro atoms. The van der Waals surface area contributed by atoms with Crippen molar-refractivity contribution in [2.24, 2.45) is 0 Å². The molecule has 1 amide bonds. The number of likely N-dealkylation sites (N-methyl/N-ethyl adjacent to an activating group) is 1. The van der Waals surface area contributed by atoms with Gasteiger partial charge in [-0.3, -0.25) is 9.59 Å². The number of benzene rings is 2. The predicted octanol–water partition coefficient (Wildman–Crippen LogP) is 0.975. The number of nitrogens with zero attached hydrogens (tertiary/aromatic N) is 1. The summed E-state index contributed by atoms with van der Waals surface area (Å²) in [5, 5.41) is 13.9. The summed E-state index contributed by atoms with van der Waals surface area (Å²) >= 11 is 0. The molecule has 3 aromatic rings. The maximum atomic E-state index is 13.6. The van der Waals surface area contributed by atoms with E-state index in [-0.39, 0.29) is 17.9 Å². The molecule has 4 rings (SSSR count). The van der Waals surface area contributed by atoms with E-state index in [1.165, 1.54) is 19.1 Å². The summed E-state index contributed by atoms with van der Waals surface area (Å²) in [6.45, 7) is 0.878. The van der Waals surface area contributed by atoms with E-state index >= 15 is 0 Å². The van der Waals surface area contributed by atoms with Crippen LogP contribution in [-0.2, 0) is 4.79 Å². The molecule has 1 atom stereocenters. The van der Waals surface area contributed by atoms with Crippen molar-refractivity contribution in [3.05, 3.63) is 71.2 Å². The Bertz CT molecular complexity index is 1210. The van der Waals surface area contributed by atoms with Gasteiger partial charge in [0.05, 0.1) is 47.4 Å². The Balaban J connectivity index is 1.85. The summed E-state index contributed by atoms with van der Waals surface area (Å²) in [6.07, 6.45) is 0. The van der Waals surface area contributed by atoms with Crippen LogP contribution < -0.4 is 19.5 Å². The molecule has 0 fully saturated rings. The molecule has 0 aliphatic carbocycles. The van der Waals surface area contributed by atoms with Crippen molar-refractivity contribution in [1.29, 1.82) is 0 Å². The van der Waals surface area contributed by atoms with Crippen molar-refractivity contribution < 1.29 is 33.5 Å². The molecule has 33 heavy (non-hydrogen) atoms. The molecule has 2 aromatic carbocycles. The van der Waals surface area contributed by atoms with Crippen molar-refractivity contribution in [3.63, 3.8) is 0 Å². The van der Waals surface area contributed by atoms with E-state index in [1.807, 2.05) is 26.2 Å². The van der Waals surface area contributed by atoms with E-state index in [9.17, 15) is 14.7 Å². The number of amides is 1. The number of ether oxygens (including phenoxy) is 2. The van der Waals surface area contributed by atoms with Gasteiger partial charge in [0, 0.05) is 16.5 Å². The molecule has 172 valence electrons. The largest absolute Gasteiger partial charge is 0.868 e. The van der Waals surface area contributed by atoms with Crippen LogP contribution in [0.4, 0.5) is 0 Å². The Labute approximate surface area is 191 Å². The minimum atomic E-state index is -0.921. The summed E-state index contributed by atoms with van der Waals surface area (Å²) in [7, 11) is 6.92. The highest BCUT2D eigenvalue weighted by Gasteiger charge is 2.42. The van der Waals surface area contributed by atoms with Crippen LogP contribution in [-0.4, -0.2) is 58.0 Å². The molecular formula is C25H26N2O6. The second-order valence-electron chi connectivity index (χ2n) is 8.19. The Kier molecular flexibility index (Phi) is 6.11. The van der Waals surface area contributed by atoms with Gasteiger partial charge < -0.3 is 28.8 Å². The number of fused-ring (bicyclic) bond motifs is 1. The molecule has 1 N–H and O–H groups in total. The third-order valence-electron chi connectivity index (χ3n) is 5.76. The minimum absolute atomic E-state index is 0.0132. The maximum Gasteiger partial charge on any atom is 0.240 e. The number of rotatable bonds is 8. The molecule has 2 heterocycles. The quantitative estimate of drug-likeness (QED) is 0.514. The lowest BCUT2D eigenvalue weighted by atomic mass is 9.94. The normalized spacial score (nSPS) is 16.2. The predicted molar refractivity (Wildman–Crippen MR) is 119 cm³/mol. The number of furan rings is 1. The third kappa shape index (κ3) is 4.05. The van der Waals surface area contributed by atoms with Crippen LogP contribution in [0.2, 0.25) is 0 Å². The second-order valence-corrected chi connectivity index (χ2v) is 8.19. The smallest absolute Gasteiger partial charge is 0.240 e. The number of nitrogens with one attached hydrogen (secondary N) is 1. The number of ketones is 1. The number of para-hydroxylation sites is 1. The number of Topliss-reactive ketones (excluding diaryl/α,β-unsaturated/α-hetero) is 1. The van der Waals surface area contributed by atoms with Crippen LogP contribution in [0.25, 0.3) is 11.0 Å². The standard InChI is InChI=1S/C25H26N2O6/c1-26(2)11-12-27-22(17-14-16(31-3)9-10-19(17)32-4)21(24(29)25(27)30)23(28)20-13-15-7-5-6-8-18(15)33-20/h5-10,13-14,22,29H,11-12H2,1-4H3. The molecule has 0 bridgehead atoms. The molecule has 0 saturated carbocycles. The number of hydrogen-bond acceptors (Lipinski definition) is 6. The number of methoxy groups -OCH3 is 2. The van der Waals surface area contributed by atoms with Gasteiger partial charge in [0.15, 0.2) is 5.76 Å². The van der Waals surface area contributed by atoms with Crippen molar-refractivity contribution in [3.8, 4) is 11.5 Å². The highest BCUT2D eigenvalue weighted by atomic mass is 16.5. The van der Waals surface area contributed by atoms with Crippen LogP contribution >= 0.6 is 0 Å². The van der Waals surface area contributed by atoms with Gasteiger partial charge in [-0.15, -0.1) is 0 Å². The molecule has 1 aliphatic heterocycles. The molecule has 8 heteroatoms. The first-order valence-electron chi connectivity index (χ1n) is 10.6. The number of carbonyl (C=O) groups excluding carboxylic acids is 2. The van der Waals surface area contributed by atoms with Crippen molar-refractivity contribution in [2.75, 3.05) is 41.4 Å². The Morgan fingerprint density at radius 3 is 2.55 bits per heavy atom. The van der Waals surface area contributed by atoms with Gasteiger partial charge in [-0.1, -0.05) is 18.2 Å². The molecule has 0 radical (unpaired) electrons. The molecule has 1 aromatic heterocycles. The van der Waals surface area contributed by atoms with Gasteiger partial charge >= 0.3 is 0 Å². The Hall–Kier alpha value is -3.78. The van der Waals surface area contributed by atoms with Crippen molar-refractivity contribution >= 4 is 22.7 Å². The minimum Gasteiger partial charge on any atom is -0.868 e. The lowest BCUT2D eigenvalue weighted by Gasteiger charge is -2.29. The molecule has 1 unspecified atom stereocenters. The van der Waals surface area contributed by atoms with E-state index in [2.05, 4.69) is 0 Å². The van der Waals surface area contributed by atoms with Gasteiger partial charge in [-0.25, -0.2) is 0 Å². The van der Waals surface area contributed by atoms with E-state index in [0.717, 1.165) is 10.3 Å². The summed E-state index contributed by atoms with van der Waals surface area (Å²) in [5.41, 5.74) is 0.880. The first kappa shape index (κ1) is 22.4. The van der Waals surface area contributed by atoms with E-state index in [0.29, 0.717) is 29.2 Å². The monoisotopic (exact) mass is 450 g/mol. The van der Waals surface area contributed by atoms with Crippen LogP contribution in [0, 0.1) is 0 Å². The third-order valence-corrected chi connectivity index (χ3v) is 5.76. The summed E-state index contributed by atoms with van der Waals surface area (Å²) in [6, 6.07) is 13.0. The Morgan fingerprint density at radius 1 is 1.12 bits per heavy atom. The van der Waals surface area contributed by atoms with E-state index in [1.54, 1.807) is 36.4 Å². The zero-order chi connectivity index (χ0) is 23.7. The van der Waals surface area contributed by atoms with E-state index < -0.39 is 23.5 Å². The Morgan fingerprint density at radius 2 is 1.88 bits per heavy atom. The second kappa shape index (κ2) is 8.99. The fourth-order valence-electron chi connectivity index (χ4n) is 4.05. The lowest BCUT2D eigenvalue weighted by Crippen LogP contribution is -3.06. The summed E-state index contributed by atoms with van der Waals surface area (Å²) in [5.74, 6) is -1.18. The van der Waals surface area contributed by atoms with E-state index in [4.69, 9.17) is 13.9 Å². The molecule has 8 nitrogen and oxygen atoms in total. The van der Waals surface area contributed by atoms with Crippen LogP contribution in [0.5, 0.6) is 11.5 Å².